The van der Waals surface area contributed by atoms with Crippen molar-refractivity contribution in [2.24, 2.45) is 5.73 Å². The van der Waals surface area contributed by atoms with Crippen LogP contribution in [0.15, 0.2) is 0 Å². The number of rotatable bonds is 6. The minimum absolute atomic E-state index is 0.237. The summed E-state index contributed by atoms with van der Waals surface area (Å²) in [7, 11) is 0. The van der Waals surface area contributed by atoms with Gasteiger partial charge in [0, 0.05) is 50.9 Å². The fourth-order valence-electron chi connectivity index (χ4n) is 3.59. The Balaban J connectivity index is 1.83. The third-order valence-corrected chi connectivity index (χ3v) is 5.20. The van der Waals surface area contributed by atoms with Gasteiger partial charge in [0.25, 0.3) is 0 Å². The summed E-state index contributed by atoms with van der Waals surface area (Å²) in [6.45, 7) is 13.0. The van der Waals surface area contributed by atoms with Crippen LogP contribution in [0.2, 0.25) is 0 Å². The van der Waals surface area contributed by atoms with Crippen LogP contribution in [0.25, 0.3) is 0 Å². The van der Waals surface area contributed by atoms with Crippen molar-refractivity contribution in [3.63, 3.8) is 0 Å². The first-order valence-corrected chi connectivity index (χ1v) is 7.96. The lowest BCUT2D eigenvalue weighted by Crippen LogP contribution is -2.67. The molecule has 4 heteroatoms. The molecule has 112 valence electrons. The van der Waals surface area contributed by atoms with E-state index in [0.717, 1.165) is 26.0 Å². The average Bonchev–Trinajstić information content (AvgIpc) is 2.42. The van der Waals surface area contributed by atoms with Crippen LogP contribution in [-0.2, 0) is 4.74 Å². The van der Waals surface area contributed by atoms with Crippen LogP contribution in [0.4, 0.5) is 0 Å². The van der Waals surface area contributed by atoms with Gasteiger partial charge in [0.1, 0.15) is 0 Å². The van der Waals surface area contributed by atoms with Crippen molar-refractivity contribution in [2.45, 2.75) is 57.7 Å². The Morgan fingerprint density at radius 2 is 1.84 bits per heavy atom. The van der Waals surface area contributed by atoms with Crippen LogP contribution in [0.1, 0.15) is 40.0 Å². The number of hydrogen-bond donors (Lipinski definition) is 1. The van der Waals surface area contributed by atoms with Gasteiger partial charge in [-0.2, -0.15) is 0 Å². The largest absolute Gasteiger partial charge is 0.378 e. The molecule has 2 fully saturated rings. The van der Waals surface area contributed by atoms with Gasteiger partial charge >= 0.3 is 0 Å². The maximum atomic E-state index is 6.07. The van der Waals surface area contributed by atoms with E-state index in [-0.39, 0.29) is 5.54 Å². The molecule has 0 spiro atoms. The molecule has 0 aromatic heterocycles. The van der Waals surface area contributed by atoms with Crippen molar-refractivity contribution < 1.29 is 4.74 Å². The van der Waals surface area contributed by atoms with Gasteiger partial charge in [0.2, 0.25) is 0 Å². The van der Waals surface area contributed by atoms with Crippen molar-refractivity contribution in [1.29, 1.82) is 0 Å². The summed E-state index contributed by atoms with van der Waals surface area (Å²) in [5, 5.41) is 0. The highest BCUT2D eigenvalue weighted by Gasteiger charge is 2.48. The molecule has 0 radical (unpaired) electrons. The minimum atomic E-state index is 0.237. The molecule has 0 bridgehead atoms. The lowest BCUT2D eigenvalue weighted by molar-refractivity contribution is -0.112. The molecular weight excluding hydrogens is 238 g/mol. The van der Waals surface area contributed by atoms with Gasteiger partial charge in [-0.3, -0.25) is 9.80 Å². The highest BCUT2D eigenvalue weighted by Crippen LogP contribution is 2.39. The Morgan fingerprint density at radius 3 is 2.32 bits per heavy atom. The first-order valence-electron chi connectivity index (χ1n) is 7.96. The summed E-state index contributed by atoms with van der Waals surface area (Å²) in [5.74, 6) is 0. The van der Waals surface area contributed by atoms with E-state index in [1.165, 1.54) is 32.6 Å². The molecule has 1 aliphatic carbocycles. The first-order chi connectivity index (χ1) is 9.15. The monoisotopic (exact) mass is 269 g/mol. The summed E-state index contributed by atoms with van der Waals surface area (Å²) >= 11 is 0. The molecule has 2 rings (SSSR count). The molecule has 1 heterocycles. The molecule has 1 unspecified atom stereocenters. The molecule has 1 aliphatic heterocycles. The molecular formula is C15H31N3O. The average molecular weight is 269 g/mol. The molecule has 0 aromatic carbocycles. The molecule has 4 nitrogen and oxygen atoms in total. The van der Waals surface area contributed by atoms with E-state index in [1.807, 2.05) is 0 Å². The van der Waals surface area contributed by atoms with E-state index in [9.17, 15) is 0 Å². The lowest BCUT2D eigenvalue weighted by Gasteiger charge is -2.56. The van der Waals surface area contributed by atoms with Crippen molar-refractivity contribution in [3.8, 4) is 0 Å². The molecule has 2 N–H and O–H groups in total. The fourth-order valence-corrected chi connectivity index (χ4v) is 3.59. The Hall–Kier alpha value is -0.160. The smallest absolute Gasteiger partial charge is 0.0611 e. The zero-order valence-corrected chi connectivity index (χ0v) is 12.9. The summed E-state index contributed by atoms with van der Waals surface area (Å²) in [6, 6.07) is 0.716. The highest BCUT2D eigenvalue weighted by molar-refractivity contribution is 5.05. The quantitative estimate of drug-likeness (QED) is 0.789. The first kappa shape index (κ1) is 15.2. The number of hydrogen-bond acceptors (Lipinski definition) is 4. The van der Waals surface area contributed by atoms with Crippen molar-refractivity contribution >= 4 is 0 Å². The summed E-state index contributed by atoms with van der Waals surface area (Å²) in [6.07, 6.45) is 3.94. The lowest BCUT2D eigenvalue weighted by atomic mass is 9.72. The van der Waals surface area contributed by atoms with Gasteiger partial charge < -0.3 is 10.5 Å². The van der Waals surface area contributed by atoms with Crippen LogP contribution in [0.5, 0.6) is 0 Å². The molecule has 1 saturated heterocycles. The van der Waals surface area contributed by atoms with E-state index in [4.69, 9.17) is 10.5 Å². The van der Waals surface area contributed by atoms with Crippen molar-refractivity contribution in [3.05, 3.63) is 0 Å². The van der Waals surface area contributed by atoms with Crippen LogP contribution < -0.4 is 5.73 Å². The standard InChI is InChI=1S/C15H31N3O/c1-4-13(3)17-6-8-18(9-7-17)15(12-16)10-14(11-15)19-5-2/h13-14H,4-12,16H2,1-3H3. The van der Waals surface area contributed by atoms with Gasteiger partial charge in [0.05, 0.1) is 6.10 Å². The van der Waals surface area contributed by atoms with Crippen molar-refractivity contribution in [1.82, 2.24) is 9.80 Å². The molecule has 19 heavy (non-hydrogen) atoms. The molecule has 0 amide bonds. The van der Waals surface area contributed by atoms with Gasteiger partial charge in [0.15, 0.2) is 0 Å². The summed E-state index contributed by atoms with van der Waals surface area (Å²) in [5.41, 5.74) is 6.31. The SMILES string of the molecule is CCOC1CC(CN)(N2CCN(C(C)CC)CC2)C1. The molecule has 2 aliphatic rings. The van der Waals surface area contributed by atoms with E-state index in [2.05, 4.69) is 30.6 Å². The number of nitrogens with zero attached hydrogens (tertiary/aromatic N) is 2. The van der Waals surface area contributed by atoms with Crippen LogP contribution in [-0.4, -0.2) is 66.8 Å². The van der Waals surface area contributed by atoms with Gasteiger partial charge in [-0.1, -0.05) is 6.92 Å². The maximum Gasteiger partial charge on any atom is 0.0611 e. The van der Waals surface area contributed by atoms with Gasteiger partial charge in [-0.05, 0) is 33.1 Å². The maximum absolute atomic E-state index is 6.07. The van der Waals surface area contributed by atoms with Gasteiger partial charge in [-0.15, -0.1) is 0 Å². The second-order valence-electron chi connectivity index (χ2n) is 6.19. The fraction of sp³-hybridized carbons (Fsp3) is 1.00. The number of nitrogens with two attached hydrogens (primary N) is 1. The van der Waals surface area contributed by atoms with Crippen LogP contribution in [0, 0.1) is 0 Å². The Labute approximate surface area is 118 Å². The topological polar surface area (TPSA) is 41.7 Å². The Bertz CT molecular complexity index is 271. The second kappa shape index (κ2) is 6.53. The summed E-state index contributed by atoms with van der Waals surface area (Å²) < 4.78 is 5.71. The molecule has 1 saturated carbocycles. The van der Waals surface area contributed by atoms with Crippen LogP contribution in [0.3, 0.4) is 0 Å². The van der Waals surface area contributed by atoms with E-state index in [0.29, 0.717) is 12.1 Å². The Morgan fingerprint density at radius 1 is 1.21 bits per heavy atom. The molecule has 1 atom stereocenters. The van der Waals surface area contributed by atoms with Crippen LogP contribution >= 0.6 is 0 Å². The molecule has 0 aromatic rings. The number of piperazine rings is 1. The van der Waals surface area contributed by atoms with E-state index in [1.54, 1.807) is 0 Å². The normalized spacial score (nSPS) is 35.1. The highest BCUT2D eigenvalue weighted by atomic mass is 16.5. The summed E-state index contributed by atoms with van der Waals surface area (Å²) in [4.78, 5) is 5.24. The Kier molecular flexibility index (Phi) is 5.23. The second-order valence-corrected chi connectivity index (χ2v) is 6.19. The predicted molar refractivity (Wildman–Crippen MR) is 79.3 cm³/mol. The van der Waals surface area contributed by atoms with E-state index < -0.39 is 0 Å². The number of ether oxygens (including phenoxy) is 1. The van der Waals surface area contributed by atoms with Crippen molar-refractivity contribution in [2.75, 3.05) is 39.3 Å². The third kappa shape index (κ3) is 3.13. The zero-order chi connectivity index (χ0) is 13.9. The third-order valence-electron chi connectivity index (χ3n) is 5.20. The van der Waals surface area contributed by atoms with E-state index >= 15 is 0 Å². The predicted octanol–water partition coefficient (Wildman–Crippen LogP) is 1.30. The van der Waals surface area contributed by atoms with Gasteiger partial charge in [-0.25, -0.2) is 0 Å². The minimum Gasteiger partial charge on any atom is -0.378 e. The zero-order valence-electron chi connectivity index (χ0n) is 12.9.